The van der Waals surface area contributed by atoms with Crippen molar-refractivity contribution in [2.24, 2.45) is 11.3 Å². The maximum atomic E-state index is 13.6. The Hall–Kier alpha value is -4.87. The van der Waals surface area contributed by atoms with E-state index < -0.39 is 17.8 Å². The normalized spacial score (nSPS) is 14.2. The summed E-state index contributed by atoms with van der Waals surface area (Å²) >= 11 is 2.78. The van der Waals surface area contributed by atoms with Crippen molar-refractivity contribution in [3.05, 3.63) is 112 Å². The molecular weight excluding hydrogens is 683 g/mol. The van der Waals surface area contributed by atoms with Crippen molar-refractivity contribution in [2.45, 2.75) is 51.9 Å². The first-order chi connectivity index (χ1) is 24.4. The number of esters is 1. The van der Waals surface area contributed by atoms with Gasteiger partial charge in [-0.1, -0.05) is 57.2 Å². The third-order valence-corrected chi connectivity index (χ3v) is 10.8. The zero-order valence-corrected chi connectivity index (χ0v) is 31.1. The Morgan fingerprint density at radius 1 is 0.961 bits per heavy atom. The number of benzene rings is 3. The van der Waals surface area contributed by atoms with E-state index in [9.17, 15) is 19.2 Å². The van der Waals surface area contributed by atoms with Crippen LogP contribution < -0.4 is 20.7 Å². The minimum absolute atomic E-state index is 0.0522. The highest BCUT2D eigenvalue weighted by molar-refractivity contribution is 8.00. The van der Waals surface area contributed by atoms with Gasteiger partial charge in [0.1, 0.15) is 16.4 Å². The molecule has 0 fully saturated rings. The van der Waals surface area contributed by atoms with Crippen molar-refractivity contribution in [3.63, 3.8) is 0 Å². The molecule has 266 valence electrons. The van der Waals surface area contributed by atoms with Crippen LogP contribution in [-0.2, 0) is 27.2 Å². The predicted molar refractivity (Wildman–Crippen MR) is 205 cm³/mol. The van der Waals surface area contributed by atoms with Gasteiger partial charge in [-0.25, -0.2) is 4.79 Å². The van der Waals surface area contributed by atoms with Crippen LogP contribution in [0.3, 0.4) is 0 Å². The third kappa shape index (κ3) is 9.89. The second-order valence-electron chi connectivity index (χ2n) is 13.2. The standard InChI is InChI=1S/C40H43N3O6S2/c1-6-49-39(47)35-31-20-17-27(40(2,3)4)22-33(31)51-38(35)43-34(44)24-50-30-14-10-13-28(23-30)41-37(46)32(21-25-15-18-29(48-5)19-16-25)42-36(45)26-11-8-7-9-12-26/h7-16,18-19,21,23,27H,6,17,20,22,24H2,1-5H3,(H,41,46)(H,42,45)(H,43,44)/b32-21+. The van der Waals surface area contributed by atoms with E-state index in [-0.39, 0.29) is 29.4 Å². The summed E-state index contributed by atoms with van der Waals surface area (Å²) < 4.78 is 10.6. The lowest BCUT2D eigenvalue weighted by Gasteiger charge is -2.33. The van der Waals surface area contributed by atoms with Gasteiger partial charge in [0.15, 0.2) is 0 Å². The predicted octanol–water partition coefficient (Wildman–Crippen LogP) is 8.22. The number of methoxy groups -OCH3 is 1. The van der Waals surface area contributed by atoms with Crippen LogP contribution in [0.25, 0.3) is 6.08 Å². The largest absolute Gasteiger partial charge is 0.497 e. The van der Waals surface area contributed by atoms with Crippen molar-refractivity contribution in [2.75, 3.05) is 30.1 Å². The monoisotopic (exact) mass is 725 g/mol. The molecule has 0 saturated heterocycles. The molecule has 11 heteroatoms. The molecule has 4 aromatic rings. The topological polar surface area (TPSA) is 123 Å². The van der Waals surface area contributed by atoms with E-state index in [1.54, 1.807) is 86.8 Å². The van der Waals surface area contributed by atoms with Crippen LogP contribution in [0, 0.1) is 11.3 Å². The van der Waals surface area contributed by atoms with Crippen molar-refractivity contribution in [3.8, 4) is 5.75 Å². The fourth-order valence-electron chi connectivity index (χ4n) is 5.82. The lowest BCUT2D eigenvalue weighted by Crippen LogP contribution is -2.30. The first-order valence-corrected chi connectivity index (χ1v) is 18.6. The van der Waals surface area contributed by atoms with Crippen LogP contribution in [0.5, 0.6) is 5.75 Å². The molecule has 51 heavy (non-hydrogen) atoms. The van der Waals surface area contributed by atoms with E-state index in [0.717, 1.165) is 34.6 Å². The quantitative estimate of drug-likeness (QED) is 0.0764. The van der Waals surface area contributed by atoms with Crippen LogP contribution in [0.4, 0.5) is 10.7 Å². The van der Waals surface area contributed by atoms with E-state index in [0.29, 0.717) is 39.0 Å². The first-order valence-electron chi connectivity index (χ1n) is 16.8. The number of ether oxygens (including phenoxy) is 2. The summed E-state index contributed by atoms with van der Waals surface area (Å²) in [5.41, 5.74) is 3.26. The number of nitrogens with one attached hydrogen (secondary N) is 3. The summed E-state index contributed by atoms with van der Waals surface area (Å²) in [6.45, 7) is 8.75. The van der Waals surface area contributed by atoms with Gasteiger partial charge in [-0.05, 0) is 97.2 Å². The number of hydrogen-bond acceptors (Lipinski definition) is 8. The average molecular weight is 726 g/mol. The molecule has 1 atom stereocenters. The van der Waals surface area contributed by atoms with Crippen LogP contribution in [-0.4, -0.2) is 43.2 Å². The van der Waals surface area contributed by atoms with Crippen molar-refractivity contribution in [1.29, 1.82) is 0 Å². The molecular formula is C40H43N3O6S2. The number of thioether (sulfide) groups is 1. The van der Waals surface area contributed by atoms with Crippen molar-refractivity contribution < 1.29 is 28.7 Å². The minimum Gasteiger partial charge on any atom is -0.497 e. The molecule has 1 unspecified atom stereocenters. The minimum atomic E-state index is -0.517. The Balaban J connectivity index is 1.27. The van der Waals surface area contributed by atoms with Crippen molar-refractivity contribution >= 4 is 63.6 Å². The first kappa shape index (κ1) is 37.4. The molecule has 3 amide bonds. The second kappa shape index (κ2) is 16.9. The number of fused-ring (bicyclic) bond motifs is 1. The number of thiophene rings is 1. The Kier molecular flexibility index (Phi) is 12.4. The highest BCUT2D eigenvalue weighted by Gasteiger charge is 2.34. The molecule has 1 aromatic heterocycles. The molecule has 5 rings (SSSR count). The fourth-order valence-corrected chi connectivity index (χ4v) is 7.90. The van der Waals surface area contributed by atoms with Gasteiger partial charge >= 0.3 is 5.97 Å². The molecule has 3 N–H and O–H groups in total. The van der Waals surface area contributed by atoms with E-state index in [1.807, 2.05) is 12.1 Å². The number of rotatable bonds is 12. The molecule has 0 radical (unpaired) electrons. The molecule has 9 nitrogen and oxygen atoms in total. The third-order valence-electron chi connectivity index (χ3n) is 8.64. The molecule has 1 aliphatic rings. The van der Waals surface area contributed by atoms with Gasteiger partial charge in [0.2, 0.25) is 5.91 Å². The Morgan fingerprint density at radius 2 is 1.71 bits per heavy atom. The molecule has 0 bridgehead atoms. The number of carbonyl (C=O) groups excluding carboxylic acids is 4. The van der Waals surface area contributed by atoms with Gasteiger partial charge in [-0.3, -0.25) is 14.4 Å². The van der Waals surface area contributed by atoms with Gasteiger partial charge in [0, 0.05) is 21.0 Å². The summed E-state index contributed by atoms with van der Waals surface area (Å²) in [4.78, 5) is 54.7. The summed E-state index contributed by atoms with van der Waals surface area (Å²) in [6.07, 6.45) is 4.21. The summed E-state index contributed by atoms with van der Waals surface area (Å²) in [5, 5.41) is 9.14. The highest BCUT2D eigenvalue weighted by Crippen LogP contribution is 2.44. The molecule has 3 aromatic carbocycles. The highest BCUT2D eigenvalue weighted by atomic mass is 32.2. The Morgan fingerprint density at radius 3 is 2.39 bits per heavy atom. The van der Waals surface area contributed by atoms with E-state index in [1.165, 1.54) is 23.1 Å². The van der Waals surface area contributed by atoms with Crippen LogP contribution in [0.15, 0.2) is 89.5 Å². The van der Waals surface area contributed by atoms with E-state index >= 15 is 0 Å². The zero-order valence-electron chi connectivity index (χ0n) is 29.5. The van der Waals surface area contributed by atoms with Gasteiger partial charge < -0.3 is 25.4 Å². The van der Waals surface area contributed by atoms with Crippen LogP contribution in [0.2, 0.25) is 0 Å². The second-order valence-corrected chi connectivity index (χ2v) is 15.4. The zero-order chi connectivity index (χ0) is 36.5. The SMILES string of the molecule is CCOC(=O)c1c(NC(=O)CSc2cccc(NC(=O)/C(=C\c3ccc(OC)cc3)NC(=O)c3ccccc3)c2)sc2c1CCC(C(C)(C)C)C2. The Bertz CT molecular complexity index is 1910. The van der Waals surface area contributed by atoms with Crippen LogP contribution >= 0.6 is 23.1 Å². The summed E-state index contributed by atoms with van der Waals surface area (Å²) in [7, 11) is 1.57. The average Bonchev–Trinajstić information content (AvgIpc) is 3.48. The van der Waals surface area contributed by atoms with E-state index in [2.05, 4.69) is 36.7 Å². The van der Waals surface area contributed by atoms with Gasteiger partial charge in [0.25, 0.3) is 11.8 Å². The van der Waals surface area contributed by atoms with Gasteiger partial charge in [-0.2, -0.15) is 0 Å². The lowest BCUT2D eigenvalue weighted by molar-refractivity contribution is -0.114. The Labute approximate surface area is 307 Å². The van der Waals surface area contributed by atoms with Gasteiger partial charge in [0.05, 0.1) is 25.0 Å². The maximum Gasteiger partial charge on any atom is 0.341 e. The van der Waals surface area contributed by atoms with Crippen molar-refractivity contribution in [1.82, 2.24) is 5.32 Å². The van der Waals surface area contributed by atoms with E-state index in [4.69, 9.17) is 9.47 Å². The maximum absolute atomic E-state index is 13.6. The molecule has 1 heterocycles. The summed E-state index contributed by atoms with van der Waals surface area (Å²) in [6, 6.07) is 22.9. The number of hydrogen-bond donors (Lipinski definition) is 3. The molecule has 0 saturated carbocycles. The molecule has 0 spiro atoms. The number of amides is 3. The number of carbonyl (C=O) groups is 4. The van der Waals surface area contributed by atoms with Crippen LogP contribution in [0.1, 0.15) is 70.8 Å². The smallest absolute Gasteiger partial charge is 0.341 e. The fraction of sp³-hybridized carbons (Fsp3) is 0.300. The molecule has 1 aliphatic carbocycles. The lowest BCUT2D eigenvalue weighted by atomic mass is 9.72. The summed E-state index contributed by atoms with van der Waals surface area (Å²) in [5.74, 6) is -0.361. The van der Waals surface area contributed by atoms with Gasteiger partial charge in [-0.15, -0.1) is 23.1 Å². The molecule has 0 aliphatic heterocycles. The number of anilines is 2.